The van der Waals surface area contributed by atoms with Gasteiger partial charge in [0.25, 0.3) is 0 Å². The number of carbonyl (C=O) groups is 3. The fourth-order valence-corrected chi connectivity index (χ4v) is 1.48. The predicted molar refractivity (Wildman–Crippen MR) is 67.2 cm³/mol. The van der Waals surface area contributed by atoms with Crippen molar-refractivity contribution in [3.8, 4) is 5.75 Å². The van der Waals surface area contributed by atoms with Crippen LogP contribution in [0.15, 0.2) is 12.1 Å². The van der Waals surface area contributed by atoms with Crippen LogP contribution in [0.4, 0.5) is 0 Å². The van der Waals surface area contributed by atoms with Crippen molar-refractivity contribution >= 4 is 17.9 Å². The standard InChI is InChI=1S/C13H14O7/c1-13(2,3)20-12(19)8-6(10(15)16)4-5-7(9(8)14)11(17)18/h4-5,14H,1-3H3,(H,15,16)(H,17,18). The van der Waals surface area contributed by atoms with Crippen LogP contribution in [0.2, 0.25) is 0 Å². The van der Waals surface area contributed by atoms with Crippen LogP contribution in [-0.4, -0.2) is 38.8 Å². The minimum Gasteiger partial charge on any atom is -0.506 e. The largest absolute Gasteiger partial charge is 0.506 e. The summed E-state index contributed by atoms with van der Waals surface area (Å²) in [6.07, 6.45) is 0. The molecule has 0 saturated heterocycles. The van der Waals surface area contributed by atoms with Crippen molar-refractivity contribution in [2.24, 2.45) is 0 Å². The molecule has 108 valence electrons. The number of aromatic carboxylic acids is 2. The number of hydrogen-bond acceptors (Lipinski definition) is 5. The van der Waals surface area contributed by atoms with Gasteiger partial charge in [-0.05, 0) is 32.9 Å². The summed E-state index contributed by atoms with van der Waals surface area (Å²) in [5, 5.41) is 27.7. The van der Waals surface area contributed by atoms with Gasteiger partial charge in [-0.2, -0.15) is 0 Å². The van der Waals surface area contributed by atoms with Gasteiger partial charge < -0.3 is 20.1 Å². The number of carboxylic acid groups (broad SMARTS) is 2. The van der Waals surface area contributed by atoms with Crippen molar-refractivity contribution < 1.29 is 34.4 Å². The van der Waals surface area contributed by atoms with E-state index in [0.29, 0.717) is 0 Å². The molecule has 0 bridgehead atoms. The average Bonchev–Trinajstić information content (AvgIpc) is 2.24. The highest BCUT2D eigenvalue weighted by atomic mass is 16.6. The molecule has 0 aliphatic carbocycles. The van der Waals surface area contributed by atoms with E-state index in [2.05, 4.69) is 0 Å². The predicted octanol–water partition coefficient (Wildman–Crippen LogP) is 1.74. The first-order valence-corrected chi connectivity index (χ1v) is 5.60. The molecule has 0 saturated carbocycles. The van der Waals surface area contributed by atoms with Crippen LogP contribution in [0.25, 0.3) is 0 Å². The van der Waals surface area contributed by atoms with Crippen molar-refractivity contribution in [3.63, 3.8) is 0 Å². The summed E-state index contributed by atoms with van der Waals surface area (Å²) in [5.74, 6) is -4.98. The Hall–Kier alpha value is -2.57. The van der Waals surface area contributed by atoms with Crippen LogP contribution < -0.4 is 0 Å². The summed E-state index contributed by atoms with van der Waals surface area (Å²) in [7, 11) is 0. The molecule has 1 aromatic rings. The lowest BCUT2D eigenvalue weighted by Crippen LogP contribution is -2.25. The number of phenols is 1. The van der Waals surface area contributed by atoms with Gasteiger partial charge >= 0.3 is 17.9 Å². The third-order valence-corrected chi connectivity index (χ3v) is 2.24. The number of carboxylic acids is 2. The summed E-state index contributed by atoms with van der Waals surface area (Å²) in [6, 6.07) is 1.85. The lowest BCUT2D eigenvalue weighted by atomic mass is 10.0. The molecule has 0 amide bonds. The molecule has 1 aromatic carbocycles. The zero-order valence-electron chi connectivity index (χ0n) is 11.1. The molecule has 0 radical (unpaired) electrons. The van der Waals surface area contributed by atoms with Crippen LogP contribution in [0, 0.1) is 0 Å². The van der Waals surface area contributed by atoms with E-state index < -0.39 is 45.9 Å². The topological polar surface area (TPSA) is 121 Å². The van der Waals surface area contributed by atoms with Gasteiger partial charge in [-0.15, -0.1) is 0 Å². The maximum Gasteiger partial charge on any atom is 0.343 e. The Morgan fingerprint density at radius 3 is 1.85 bits per heavy atom. The minimum absolute atomic E-state index is 0.526. The van der Waals surface area contributed by atoms with E-state index in [4.69, 9.17) is 14.9 Å². The molecule has 7 nitrogen and oxygen atoms in total. The van der Waals surface area contributed by atoms with Crippen molar-refractivity contribution in [1.82, 2.24) is 0 Å². The first-order chi connectivity index (χ1) is 9.04. The Labute approximate surface area is 114 Å². The lowest BCUT2D eigenvalue weighted by Gasteiger charge is -2.20. The van der Waals surface area contributed by atoms with Gasteiger partial charge in [-0.25, -0.2) is 14.4 Å². The first kappa shape index (κ1) is 15.5. The Morgan fingerprint density at radius 2 is 1.45 bits per heavy atom. The molecule has 0 aliphatic rings. The molecule has 0 fully saturated rings. The molecular weight excluding hydrogens is 268 g/mol. The van der Waals surface area contributed by atoms with Gasteiger partial charge in [-0.1, -0.05) is 0 Å². The molecule has 0 aromatic heterocycles. The second kappa shape index (κ2) is 5.20. The zero-order chi connectivity index (χ0) is 15.7. The van der Waals surface area contributed by atoms with E-state index >= 15 is 0 Å². The van der Waals surface area contributed by atoms with Gasteiger partial charge in [0.1, 0.15) is 22.5 Å². The lowest BCUT2D eigenvalue weighted by molar-refractivity contribution is 0.00629. The number of aromatic hydroxyl groups is 1. The van der Waals surface area contributed by atoms with E-state index in [1.165, 1.54) is 0 Å². The van der Waals surface area contributed by atoms with Gasteiger partial charge in [0.2, 0.25) is 0 Å². The van der Waals surface area contributed by atoms with Crippen molar-refractivity contribution in [2.45, 2.75) is 26.4 Å². The van der Waals surface area contributed by atoms with Crippen molar-refractivity contribution in [3.05, 3.63) is 28.8 Å². The quantitative estimate of drug-likeness (QED) is 0.722. The van der Waals surface area contributed by atoms with Gasteiger partial charge in [0, 0.05) is 0 Å². The third-order valence-electron chi connectivity index (χ3n) is 2.24. The Kier molecular flexibility index (Phi) is 4.03. The van der Waals surface area contributed by atoms with E-state index in [9.17, 15) is 19.5 Å². The molecule has 0 unspecified atom stereocenters. The molecule has 1 rings (SSSR count). The monoisotopic (exact) mass is 282 g/mol. The van der Waals surface area contributed by atoms with E-state index in [1.807, 2.05) is 0 Å². The number of ether oxygens (including phenoxy) is 1. The molecule has 0 atom stereocenters. The Balaban J connectivity index is 3.48. The maximum atomic E-state index is 11.9. The van der Waals surface area contributed by atoms with Crippen molar-refractivity contribution in [1.29, 1.82) is 0 Å². The Morgan fingerprint density at radius 1 is 1.00 bits per heavy atom. The van der Waals surface area contributed by atoms with Crippen LogP contribution in [0.3, 0.4) is 0 Å². The fraction of sp³-hybridized carbons (Fsp3) is 0.308. The highest BCUT2D eigenvalue weighted by Gasteiger charge is 2.29. The number of benzene rings is 1. The molecule has 7 heteroatoms. The van der Waals surface area contributed by atoms with Crippen LogP contribution in [0.1, 0.15) is 51.8 Å². The second-order valence-corrected chi connectivity index (χ2v) is 5.00. The minimum atomic E-state index is -1.48. The highest BCUT2D eigenvalue weighted by molar-refractivity contribution is 6.07. The number of carbonyl (C=O) groups excluding carboxylic acids is 1. The summed E-state index contributed by atoms with van der Waals surface area (Å²) in [5.41, 5.74) is -2.69. The van der Waals surface area contributed by atoms with E-state index in [1.54, 1.807) is 20.8 Å². The summed E-state index contributed by atoms with van der Waals surface area (Å²) >= 11 is 0. The van der Waals surface area contributed by atoms with Crippen LogP contribution in [-0.2, 0) is 4.74 Å². The first-order valence-electron chi connectivity index (χ1n) is 5.60. The van der Waals surface area contributed by atoms with Gasteiger partial charge in [0.05, 0.1) is 5.56 Å². The Bertz CT molecular complexity index is 581. The van der Waals surface area contributed by atoms with E-state index in [-0.39, 0.29) is 0 Å². The number of rotatable bonds is 3. The normalized spacial score (nSPS) is 10.9. The SMILES string of the molecule is CC(C)(C)OC(=O)c1c(C(=O)O)ccc(C(=O)O)c1O. The molecule has 0 spiro atoms. The molecule has 20 heavy (non-hydrogen) atoms. The molecular formula is C13H14O7. The second-order valence-electron chi connectivity index (χ2n) is 5.00. The molecule has 0 aliphatic heterocycles. The summed E-state index contributed by atoms with van der Waals surface area (Å²) in [6.45, 7) is 4.68. The molecule has 3 N–H and O–H groups in total. The third kappa shape index (κ3) is 3.25. The van der Waals surface area contributed by atoms with Crippen LogP contribution >= 0.6 is 0 Å². The fourth-order valence-electron chi connectivity index (χ4n) is 1.48. The summed E-state index contributed by atoms with van der Waals surface area (Å²) in [4.78, 5) is 33.9. The molecule has 0 heterocycles. The average molecular weight is 282 g/mol. The smallest absolute Gasteiger partial charge is 0.343 e. The van der Waals surface area contributed by atoms with Gasteiger partial charge in [-0.3, -0.25) is 0 Å². The zero-order valence-corrected chi connectivity index (χ0v) is 11.1. The number of esters is 1. The summed E-state index contributed by atoms with van der Waals surface area (Å²) < 4.78 is 4.97. The van der Waals surface area contributed by atoms with Crippen molar-refractivity contribution in [2.75, 3.05) is 0 Å². The van der Waals surface area contributed by atoms with Gasteiger partial charge in [0.15, 0.2) is 0 Å². The maximum absolute atomic E-state index is 11.9. The highest BCUT2D eigenvalue weighted by Crippen LogP contribution is 2.28. The number of hydrogen-bond donors (Lipinski definition) is 3. The van der Waals surface area contributed by atoms with Crippen LogP contribution in [0.5, 0.6) is 5.75 Å². The van der Waals surface area contributed by atoms with E-state index in [0.717, 1.165) is 12.1 Å².